The van der Waals surface area contributed by atoms with Gasteiger partial charge in [-0.15, -0.1) is 0 Å². The molecule has 3 nitrogen and oxygen atoms in total. The van der Waals surface area contributed by atoms with Crippen LogP contribution in [0.25, 0.3) is 5.69 Å². The topological polar surface area (TPSA) is 43.8 Å². The molecule has 2 N–H and O–H groups in total. The van der Waals surface area contributed by atoms with Crippen molar-refractivity contribution in [3.05, 3.63) is 46.8 Å². The van der Waals surface area contributed by atoms with Crippen molar-refractivity contribution in [2.75, 3.05) is 0 Å². The first kappa shape index (κ1) is 14.5. The number of thiocarbonyl (C=S) groups is 1. The van der Waals surface area contributed by atoms with E-state index < -0.39 is 11.9 Å². The second-order valence-electron chi connectivity index (χ2n) is 4.47. The van der Waals surface area contributed by atoms with E-state index in [9.17, 15) is 13.2 Å². The number of hydrogen-bond donors (Lipinski definition) is 1. The fourth-order valence-corrected chi connectivity index (χ4v) is 2.18. The molecule has 2 aromatic rings. The molecule has 0 aliphatic carbocycles. The highest BCUT2D eigenvalue weighted by atomic mass is 32.1. The fraction of sp³-hybridized carbons (Fsp3) is 0.231. The van der Waals surface area contributed by atoms with Gasteiger partial charge in [0.15, 0.2) is 5.69 Å². The van der Waals surface area contributed by atoms with Crippen LogP contribution < -0.4 is 5.73 Å². The van der Waals surface area contributed by atoms with Crippen LogP contribution in [0.3, 0.4) is 0 Å². The number of benzene rings is 1. The van der Waals surface area contributed by atoms with Crippen molar-refractivity contribution in [1.82, 2.24) is 9.78 Å². The molecular weight excluding hydrogens is 287 g/mol. The maximum Gasteiger partial charge on any atom is 0.434 e. The van der Waals surface area contributed by atoms with E-state index in [0.29, 0.717) is 11.3 Å². The lowest BCUT2D eigenvalue weighted by molar-refractivity contribution is -0.142. The normalized spacial score (nSPS) is 11.7. The summed E-state index contributed by atoms with van der Waals surface area (Å²) in [5.41, 5.74) is 6.12. The monoisotopic (exact) mass is 299 g/mol. The number of hydrogen-bond acceptors (Lipinski definition) is 2. The highest BCUT2D eigenvalue weighted by molar-refractivity contribution is 7.80. The minimum atomic E-state index is -4.59. The Morgan fingerprint density at radius 2 is 1.95 bits per heavy atom. The van der Waals surface area contributed by atoms with Crippen LogP contribution in [0.4, 0.5) is 13.2 Å². The molecule has 0 atom stereocenters. The lowest BCUT2D eigenvalue weighted by Gasteiger charge is -2.14. The number of nitrogens with two attached hydrogens (primary N) is 1. The van der Waals surface area contributed by atoms with Crippen LogP contribution in [0.5, 0.6) is 0 Å². The van der Waals surface area contributed by atoms with Crippen molar-refractivity contribution in [2.24, 2.45) is 5.73 Å². The lowest BCUT2D eigenvalue weighted by atomic mass is 10.1. The van der Waals surface area contributed by atoms with Crippen molar-refractivity contribution < 1.29 is 13.2 Å². The van der Waals surface area contributed by atoms with Crippen molar-refractivity contribution in [1.29, 1.82) is 0 Å². The third-order valence-electron chi connectivity index (χ3n) is 2.88. The number of halogens is 3. The minimum Gasteiger partial charge on any atom is -0.389 e. The molecule has 1 aromatic heterocycles. The second-order valence-corrected chi connectivity index (χ2v) is 4.91. The first-order valence-electron chi connectivity index (χ1n) is 5.74. The van der Waals surface area contributed by atoms with Gasteiger partial charge in [-0.3, -0.25) is 0 Å². The van der Waals surface area contributed by atoms with Gasteiger partial charge < -0.3 is 5.73 Å². The molecule has 0 aliphatic heterocycles. The van der Waals surface area contributed by atoms with Crippen LogP contribution in [0.15, 0.2) is 24.4 Å². The molecule has 0 bridgehead atoms. The van der Waals surface area contributed by atoms with Gasteiger partial charge in [-0.2, -0.15) is 18.3 Å². The van der Waals surface area contributed by atoms with Gasteiger partial charge in [-0.1, -0.05) is 29.9 Å². The molecule has 106 valence electrons. The van der Waals surface area contributed by atoms with Crippen LogP contribution in [-0.2, 0) is 6.18 Å². The molecule has 1 aromatic carbocycles. The maximum absolute atomic E-state index is 13.2. The predicted molar refractivity (Wildman–Crippen MR) is 73.9 cm³/mol. The molecule has 0 unspecified atom stereocenters. The summed E-state index contributed by atoms with van der Waals surface area (Å²) >= 11 is 4.66. The summed E-state index contributed by atoms with van der Waals surface area (Å²) in [4.78, 5) is -0.326. The Morgan fingerprint density at radius 3 is 2.45 bits per heavy atom. The quantitative estimate of drug-likeness (QED) is 0.866. The molecule has 7 heteroatoms. The predicted octanol–water partition coefficient (Wildman–Crippen LogP) is 3.14. The number of alkyl halides is 3. The summed E-state index contributed by atoms with van der Waals surface area (Å²) in [5.74, 6) is 0. The zero-order valence-electron chi connectivity index (χ0n) is 10.8. The Bertz CT molecular complexity index is 674. The average molecular weight is 299 g/mol. The summed E-state index contributed by atoms with van der Waals surface area (Å²) in [5, 5.41) is 3.79. The van der Waals surface area contributed by atoms with E-state index in [1.54, 1.807) is 25.1 Å². The van der Waals surface area contributed by atoms with E-state index in [0.717, 1.165) is 16.4 Å². The van der Waals surface area contributed by atoms with Gasteiger partial charge in [-0.05, 0) is 25.5 Å². The van der Waals surface area contributed by atoms with E-state index in [1.165, 1.54) is 0 Å². The molecule has 0 fully saturated rings. The van der Waals surface area contributed by atoms with E-state index in [2.05, 4.69) is 17.3 Å². The number of rotatable bonds is 2. The van der Waals surface area contributed by atoms with Crippen molar-refractivity contribution in [3.63, 3.8) is 0 Å². The van der Waals surface area contributed by atoms with E-state index in [1.807, 2.05) is 6.92 Å². The molecule has 0 spiro atoms. The molecular formula is C13H12F3N3S. The Balaban J connectivity index is 2.72. The van der Waals surface area contributed by atoms with Crippen LogP contribution in [-0.4, -0.2) is 14.8 Å². The third kappa shape index (κ3) is 2.53. The Hall–Kier alpha value is -1.89. The lowest BCUT2D eigenvalue weighted by Crippen LogP contribution is -2.20. The van der Waals surface area contributed by atoms with Gasteiger partial charge in [0.1, 0.15) is 4.99 Å². The number of aryl methyl sites for hydroxylation is 2. The van der Waals surface area contributed by atoms with E-state index >= 15 is 0 Å². The second kappa shape index (κ2) is 4.90. The summed E-state index contributed by atoms with van der Waals surface area (Å²) in [7, 11) is 0. The van der Waals surface area contributed by atoms with Gasteiger partial charge in [0, 0.05) is 0 Å². The molecule has 2 rings (SSSR count). The summed E-state index contributed by atoms with van der Waals surface area (Å²) in [6.45, 7) is 3.59. The Morgan fingerprint density at radius 1 is 1.30 bits per heavy atom. The van der Waals surface area contributed by atoms with Gasteiger partial charge in [0.05, 0.1) is 17.4 Å². The SMILES string of the molecule is Cc1ccc(-n2ncc(C(N)=S)c2C(F)(F)F)c(C)c1. The van der Waals surface area contributed by atoms with Crippen molar-refractivity contribution >= 4 is 17.2 Å². The molecule has 20 heavy (non-hydrogen) atoms. The highest BCUT2D eigenvalue weighted by Gasteiger charge is 2.39. The Kier molecular flexibility index (Phi) is 3.56. The van der Waals surface area contributed by atoms with E-state index in [-0.39, 0.29) is 10.6 Å². The third-order valence-corrected chi connectivity index (χ3v) is 3.10. The summed E-state index contributed by atoms with van der Waals surface area (Å²) < 4.78 is 40.5. The fourth-order valence-electron chi connectivity index (χ4n) is 2.03. The van der Waals surface area contributed by atoms with Gasteiger partial charge in [-0.25, -0.2) is 4.68 Å². The molecule has 0 saturated heterocycles. The summed E-state index contributed by atoms with van der Waals surface area (Å²) in [6.07, 6.45) is -3.54. The van der Waals surface area contributed by atoms with Gasteiger partial charge in [0.25, 0.3) is 0 Å². The van der Waals surface area contributed by atoms with Crippen LogP contribution in [0.2, 0.25) is 0 Å². The zero-order chi connectivity index (χ0) is 15.1. The minimum absolute atomic E-state index is 0.271. The number of aromatic nitrogens is 2. The number of nitrogens with zero attached hydrogens (tertiary/aromatic N) is 2. The first-order chi connectivity index (χ1) is 9.21. The maximum atomic E-state index is 13.2. The smallest absolute Gasteiger partial charge is 0.389 e. The van der Waals surface area contributed by atoms with Crippen LogP contribution >= 0.6 is 12.2 Å². The first-order valence-corrected chi connectivity index (χ1v) is 6.15. The standard InChI is InChI=1S/C13H12F3N3S/c1-7-3-4-10(8(2)5-7)19-11(13(14,15)16)9(6-18-19)12(17)20/h3-6H,1-2H3,(H2,17,20). The van der Waals surface area contributed by atoms with E-state index in [4.69, 9.17) is 5.73 Å². The zero-order valence-corrected chi connectivity index (χ0v) is 11.6. The van der Waals surface area contributed by atoms with Crippen molar-refractivity contribution in [3.8, 4) is 5.69 Å². The molecule has 0 aliphatic rings. The Labute approximate surface area is 119 Å². The van der Waals surface area contributed by atoms with Crippen LogP contribution in [0.1, 0.15) is 22.4 Å². The average Bonchev–Trinajstić information content (AvgIpc) is 2.73. The van der Waals surface area contributed by atoms with Gasteiger partial charge in [0.2, 0.25) is 0 Å². The highest BCUT2D eigenvalue weighted by Crippen LogP contribution is 2.34. The molecule has 0 saturated carbocycles. The van der Waals surface area contributed by atoms with Crippen molar-refractivity contribution in [2.45, 2.75) is 20.0 Å². The molecule has 0 radical (unpaired) electrons. The van der Waals surface area contributed by atoms with Crippen LogP contribution in [0, 0.1) is 13.8 Å². The molecule has 1 heterocycles. The largest absolute Gasteiger partial charge is 0.434 e. The molecule has 0 amide bonds. The van der Waals surface area contributed by atoms with Gasteiger partial charge >= 0.3 is 6.18 Å². The summed E-state index contributed by atoms with van der Waals surface area (Å²) in [6, 6.07) is 5.11.